The SMILES string of the molecule is CCOC(C)(CC)c1nc(C(=O)OC)cs1. The zero-order valence-electron chi connectivity index (χ0n) is 10.1. The van der Waals surface area contributed by atoms with Crippen LogP contribution >= 0.6 is 11.3 Å². The first-order valence-corrected chi connectivity index (χ1v) is 6.13. The number of carbonyl (C=O) groups is 1. The number of hydrogen-bond acceptors (Lipinski definition) is 5. The molecular formula is C11H17NO3S. The quantitative estimate of drug-likeness (QED) is 0.746. The van der Waals surface area contributed by atoms with Crippen LogP contribution in [0.25, 0.3) is 0 Å². The summed E-state index contributed by atoms with van der Waals surface area (Å²) in [5, 5.41) is 2.52. The molecule has 5 heteroatoms. The summed E-state index contributed by atoms with van der Waals surface area (Å²) in [6.07, 6.45) is 0.814. The normalized spacial score (nSPS) is 14.5. The zero-order valence-corrected chi connectivity index (χ0v) is 10.9. The fourth-order valence-corrected chi connectivity index (χ4v) is 2.32. The number of hydrogen-bond donors (Lipinski definition) is 0. The summed E-state index contributed by atoms with van der Waals surface area (Å²) in [4.78, 5) is 15.5. The summed E-state index contributed by atoms with van der Waals surface area (Å²) in [6.45, 7) is 6.59. The summed E-state index contributed by atoms with van der Waals surface area (Å²) >= 11 is 1.43. The molecule has 0 aliphatic heterocycles. The number of nitrogens with zero attached hydrogens (tertiary/aromatic N) is 1. The number of esters is 1. The van der Waals surface area contributed by atoms with Crippen molar-refractivity contribution in [3.63, 3.8) is 0 Å². The Hall–Kier alpha value is -0.940. The number of thiazole rings is 1. The van der Waals surface area contributed by atoms with Crippen molar-refractivity contribution in [1.29, 1.82) is 0 Å². The van der Waals surface area contributed by atoms with Crippen LogP contribution in [-0.2, 0) is 15.1 Å². The van der Waals surface area contributed by atoms with Crippen LogP contribution in [0.1, 0.15) is 42.7 Å². The molecule has 0 saturated heterocycles. The van der Waals surface area contributed by atoms with Gasteiger partial charge >= 0.3 is 5.97 Å². The maximum atomic E-state index is 11.3. The lowest BCUT2D eigenvalue weighted by Crippen LogP contribution is -2.25. The maximum absolute atomic E-state index is 11.3. The van der Waals surface area contributed by atoms with E-state index in [1.807, 2.05) is 20.8 Å². The Kier molecular flexibility index (Phi) is 4.44. The second kappa shape index (κ2) is 5.41. The van der Waals surface area contributed by atoms with Crippen LogP contribution < -0.4 is 0 Å². The Bertz CT molecular complexity index is 364. The lowest BCUT2D eigenvalue weighted by Gasteiger charge is -2.25. The van der Waals surface area contributed by atoms with Gasteiger partial charge in [-0.05, 0) is 20.3 Å². The highest BCUT2D eigenvalue weighted by atomic mass is 32.1. The molecule has 90 valence electrons. The van der Waals surface area contributed by atoms with E-state index in [1.54, 1.807) is 5.38 Å². The molecule has 0 aliphatic rings. The molecule has 1 atom stereocenters. The van der Waals surface area contributed by atoms with E-state index >= 15 is 0 Å². The van der Waals surface area contributed by atoms with E-state index in [9.17, 15) is 4.79 Å². The van der Waals surface area contributed by atoms with Crippen molar-refractivity contribution < 1.29 is 14.3 Å². The number of rotatable bonds is 5. The number of aromatic nitrogens is 1. The summed E-state index contributed by atoms with van der Waals surface area (Å²) in [6, 6.07) is 0. The number of methoxy groups -OCH3 is 1. The summed E-state index contributed by atoms with van der Waals surface area (Å²) in [7, 11) is 1.35. The fourth-order valence-electron chi connectivity index (χ4n) is 1.35. The molecule has 0 N–H and O–H groups in total. The van der Waals surface area contributed by atoms with Gasteiger partial charge in [0.2, 0.25) is 0 Å². The molecule has 0 saturated carbocycles. The zero-order chi connectivity index (χ0) is 12.2. The minimum absolute atomic E-state index is 0.349. The van der Waals surface area contributed by atoms with E-state index in [0.29, 0.717) is 12.3 Å². The first-order valence-electron chi connectivity index (χ1n) is 5.25. The molecule has 0 aromatic carbocycles. The lowest BCUT2D eigenvalue weighted by molar-refractivity contribution is -0.0325. The van der Waals surface area contributed by atoms with Gasteiger partial charge in [-0.25, -0.2) is 9.78 Å². The molecule has 1 aromatic rings. The maximum Gasteiger partial charge on any atom is 0.357 e. The molecule has 16 heavy (non-hydrogen) atoms. The van der Waals surface area contributed by atoms with E-state index in [4.69, 9.17) is 4.74 Å². The third-order valence-electron chi connectivity index (χ3n) is 2.49. The second-order valence-electron chi connectivity index (χ2n) is 3.55. The highest BCUT2D eigenvalue weighted by molar-refractivity contribution is 7.10. The third-order valence-corrected chi connectivity index (χ3v) is 3.58. The number of ether oxygens (including phenoxy) is 2. The molecule has 1 rings (SSSR count). The van der Waals surface area contributed by atoms with Crippen LogP contribution in [0.5, 0.6) is 0 Å². The molecule has 0 spiro atoms. The molecule has 0 bridgehead atoms. The van der Waals surface area contributed by atoms with Crippen LogP contribution in [0.4, 0.5) is 0 Å². The minimum atomic E-state index is -0.411. The van der Waals surface area contributed by atoms with Crippen molar-refractivity contribution in [2.75, 3.05) is 13.7 Å². The summed E-state index contributed by atoms with van der Waals surface area (Å²) in [5.41, 5.74) is -0.0621. The smallest absolute Gasteiger partial charge is 0.357 e. The van der Waals surface area contributed by atoms with Gasteiger partial charge in [0, 0.05) is 12.0 Å². The van der Waals surface area contributed by atoms with Gasteiger partial charge in [0.1, 0.15) is 10.6 Å². The van der Waals surface area contributed by atoms with Crippen LogP contribution in [-0.4, -0.2) is 24.7 Å². The highest BCUT2D eigenvalue weighted by Gasteiger charge is 2.29. The predicted molar refractivity (Wildman–Crippen MR) is 62.7 cm³/mol. The van der Waals surface area contributed by atoms with Crippen molar-refractivity contribution in [2.45, 2.75) is 32.8 Å². The van der Waals surface area contributed by atoms with Crippen molar-refractivity contribution in [3.8, 4) is 0 Å². The van der Waals surface area contributed by atoms with Crippen LogP contribution in [0.2, 0.25) is 0 Å². The third kappa shape index (κ3) is 2.59. The van der Waals surface area contributed by atoms with Crippen LogP contribution in [0.15, 0.2) is 5.38 Å². The molecule has 0 amide bonds. The first kappa shape index (κ1) is 13.1. The molecule has 0 fully saturated rings. The van der Waals surface area contributed by atoms with Gasteiger partial charge in [0.05, 0.1) is 7.11 Å². The number of carbonyl (C=O) groups excluding carboxylic acids is 1. The standard InChI is InChI=1S/C11H17NO3S/c1-5-11(3,15-6-2)10-12-8(7-16-10)9(13)14-4/h7H,5-6H2,1-4H3. The average Bonchev–Trinajstić information content (AvgIpc) is 2.78. The van der Waals surface area contributed by atoms with Gasteiger partial charge in [-0.3, -0.25) is 0 Å². The Morgan fingerprint density at radius 1 is 1.56 bits per heavy atom. The van der Waals surface area contributed by atoms with E-state index in [1.165, 1.54) is 18.4 Å². The van der Waals surface area contributed by atoms with Crippen molar-refractivity contribution >= 4 is 17.3 Å². The Morgan fingerprint density at radius 2 is 2.25 bits per heavy atom. The molecule has 4 nitrogen and oxygen atoms in total. The Morgan fingerprint density at radius 3 is 2.75 bits per heavy atom. The second-order valence-corrected chi connectivity index (χ2v) is 4.41. The predicted octanol–water partition coefficient (Wildman–Crippen LogP) is 2.59. The van der Waals surface area contributed by atoms with Gasteiger partial charge in [-0.15, -0.1) is 11.3 Å². The van der Waals surface area contributed by atoms with Crippen molar-refractivity contribution in [3.05, 3.63) is 16.1 Å². The molecule has 1 aromatic heterocycles. The monoisotopic (exact) mass is 243 g/mol. The molecule has 1 unspecified atom stereocenters. The molecule has 0 aliphatic carbocycles. The fraction of sp³-hybridized carbons (Fsp3) is 0.636. The van der Waals surface area contributed by atoms with Gasteiger partial charge < -0.3 is 9.47 Å². The van der Waals surface area contributed by atoms with Gasteiger partial charge in [0.25, 0.3) is 0 Å². The van der Waals surface area contributed by atoms with Gasteiger partial charge in [0.15, 0.2) is 5.69 Å². The lowest BCUT2D eigenvalue weighted by atomic mass is 10.0. The van der Waals surface area contributed by atoms with Crippen LogP contribution in [0, 0.1) is 0 Å². The Balaban J connectivity index is 2.95. The summed E-state index contributed by atoms with van der Waals surface area (Å²) in [5.74, 6) is -0.405. The largest absolute Gasteiger partial charge is 0.464 e. The van der Waals surface area contributed by atoms with E-state index in [2.05, 4.69) is 9.72 Å². The summed E-state index contributed by atoms with van der Waals surface area (Å²) < 4.78 is 10.3. The average molecular weight is 243 g/mol. The van der Waals surface area contributed by atoms with Gasteiger partial charge in [-0.2, -0.15) is 0 Å². The Labute approximate surface area is 99.6 Å². The highest BCUT2D eigenvalue weighted by Crippen LogP contribution is 2.31. The molecule has 1 heterocycles. The van der Waals surface area contributed by atoms with E-state index in [-0.39, 0.29) is 0 Å². The van der Waals surface area contributed by atoms with E-state index in [0.717, 1.165) is 11.4 Å². The van der Waals surface area contributed by atoms with E-state index < -0.39 is 11.6 Å². The minimum Gasteiger partial charge on any atom is -0.464 e. The molecular weight excluding hydrogens is 226 g/mol. The van der Waals surface area contributed by atoms with Gasteiger partial charge in [-0.1, -0.05) is 6.92 Å². The molecule has 0 radical (unpaired) electrons. The first-order chi connectivity index (χ1) is 7.57. The van der Waals surface area contributed by atoms with Crippen LogP contribution in [0.3, 0.4) is 0 Å². The van der Waals surface area contributed by atoms with Crippen molar-refractivity contribution in [2.24, 2.45) is 0 Å². The van der Waals surface area contributed by atoms with Crippen molar-refractivity contribution in [1.82, 2.24) is 4.98 Å². The topological polar surface area (TPSA) is 48.4 Å².